The summed E-state index contributed by atoms with van der Waals surface area (Å²) in [5, 5.41) is 9.02. The van der Waals surface area contributed by atoms with Crippen molar-refractivity contribution in [2.45, 2.75) is 31.7 Å². The summed E-state index contributed by atoms with van der Waals surface area (Å²) in [5.74, 6) is -0.321. The van der Waals surface area contributed by atoms with Gasteiger partial charge in [0.05, 0.1) is 19.3 Å². The van der Waals surface area contributed by atoms with Gasteiger partial charge in [-0.05, 0) is 19.8 Å². The first-order chi connectivity index (χ1) is 5.24. The predicted octanol–water partition coefficient (Wildman–Crippen LogP) is 0.520. The maximum atomic E-state index is 9.02. The van der Waals surface area contributed by atoms with Crippen molar-refractivity contribution in [1.29, 1.82) is 0 Å². The van der Waals surface area contributed by atoms with Gasteiger partial charge in [-0.2, -0.15) is 0 Å². The molecule has 0 aromatic rings. The summed E-state index contributed by atoms with van der Waals surface area (Å²) in [6.07, 6.45) is 2.33. The van der Waals surface area contributed by atoms with Crippen molar-refractivity contribution in [1.82, 2.24) is 0 Å². The van der Waals surface area contributed by atoms with Crippen LogP contribution in [0.15, 0.2) is 0 Å². The fourth-order valence-electron chi connectivity index (χ4n) is 1.92. The molecule has 11 heavy (non-hydrogen) atoms. The van der Waals surface area contributed by atoms with Crippen LogP contribution in [-0.2, 0) is 9.47 Å². The van der Waals surface area contributed by atoms with E-state index in [9.17, 15) is 0 Å². The molecule has 2 fully saturated rings. The molecule has 2 heterocycles. The second kappa shape index (κ2) is 2.44. The molecule has 2 aliphatic rings. The predicted molar refractivity (Wildman–Crippen MR) is 39.0 cm³/mol. The van der Waals surface area contributed by atoms with Gasteiger partial charge in [0, 0.05) is 5.92 Å². The Kier molecular flexibility index (Phi) is 1.67. The SMILES string of the molecule is CC12OCC(CC[C@@H]1CO)O2. The summed E-state index contributed by atoms with van der Waals surface area (Å²) < 4.78 is 11.1. The molecule has 3 heteroatoms. The lowest BCUT2D eigenvalue weighted by Crippen LogP contribution is -2.41. The molecule has 0 aromatic carbocycles. The Balaban J connectivity index is 2.13. The van der Waals surface area contributed by atoms with Crippen LogP contribution in [0.25, 0.3) is 0 Å². The highest BCUT2D eigenvalue weighted by Crippen LogP contribution is 2.39. The van der Waals surface area contributed by atoms with E-state index >= 15 is 0 Å². The average molecular weight is 158 g/mol. The zero-order valence-corrected chi connectivity index (χ0v) is 6.75. The van der Waals surface area contributed by atoms with Gasteiger partial charge in [-0.15, -0.1) is 0 Å². The van der Waals surface area contributed by atoms with Gasteiger partial charge in [0.25, 0.3) is 0 Å². The number of rotatable bonds is 1. The van der Waals surface area contributed by atoms with Crippen LogP contribution in [0.1, 0.15) is 19.8 Å². The zero-order chi connectivity index (χ0) is 7.90. The number of aliphatic hydroxyl groups is 1. The lowest BCUT2D eigenvalue weighted by Gasteiger charge is -2.35. The van der Waals surface area contributed by atoms with Crippen LogP contribution < -0.4 is 0 Å². The fourth-order valence-corrected chi connectivity index (χ4v) is 1.92. The Morgan fingerprint density at radius 2 is 2.36 bits per heavy atom. The van der Waals surface area contributed by atoms with Gasteiger partial charge in [0.15, 0.2) is 5.79 Å². The quantitative estimate of drug-likeness (QED) is 0.604. The van der Waals surface area contributed by atoms with Crippen molar-refractivity contribution in [3.05, 3.63) is 0 Å². The van der Waals surface area contributed by atoms with E-state index in [4.69, 9.17) is 14.6 Å². The molecular weight excluding hydrogens is 144 g/mol. The molecule has 2 bridgehead atoms. The van der Waals surface area contributed by atoms with Crippen LogP contribution in [0, 0.1) is 5.92 Å². The third kappa shape index (κ3) is 1.08. The van der Waals surface area contributed by atoms with Gasteiger partial charge >= 0.3 is 0 Å². The van der Waals surface area contributed by atoms with Gasteiger partial charge in [-0.3, -0.25) is 0 Å². The van der Waals surface area contributed by atoms with Gasteiger partial charge in [-0.25, -0.2) is 0 Å². The monoisotopic (exact) mass is 158 g/mol. The second-order valence-corrected chi connectivity index (χ2v) is 3.52. The number of ether oxygens (including phenoxy) is 2. The summed E-state index contributed by atoms with van der Waals surface area (Å²) in [4.78, 5) is 0. The number of aliphatic hydroxyl groups excluding tert-OH is 1. The highest BCUT2D eigenvalue weighted by atomic mass is 16.7. The molecule has 2 saturated heterocycles. The lowest BCUT2D eigenvalue weighted by molar-refractivity contribution is -0.217. The number of hydrogen-bond acceptors (Lipinski definition) is 3. The molecule has 1 N–H and O–H groups in total. The molecule has 2 unspecified atom stereocenters. The zero-order valence-electron chi connectivity index (χ0n) is 6.75. The van der Waals surface area contributed by atoms with E-state index in [2.05, 4.69) is 0 Å². The van der Waals surface area contributed by atoms with Crippen molar-refractivity contribution in [2.75, 3.05) is 13.2 Å². The first-order valence-electron chi connectivity index (χ1n) is 4.17. The van der Waals surface area contributed by atoms with Crippen LogP contribution in [0.5, 0.6) is 0 Å². The summed E-state index contributed by atoms with van der Waals surface area (Å²) in [6.45, 7) is 2.79. The normalized spacial score (nSPS) is 49.6. The molecule has 0 spiro atoms. The number of hydrogen-bond donors (Lipinski definition) is 1. The van der Waals surface area contributed by atoms with E-state index < -0.39 is 5.79 Å². The van der Waals surface area contributed by atoms with Crippen LogP contribution in [0.4, 0.5) is 0 Å². The number of fused-ring (bicyclic) bond motifs is 2. The topological polar surface area (TPSA) is 38.7 Å². The van der Waals surface area contributed by atoms with E-state index in [-0.39, 0.29) is 18.6 Å². The molecular formula is C8H14O3. The summed E-state index contributed by atoms with van der Waals surface area (Å²) >= 11 is 0. The molecule has 0 aromatic heterocycles. The Morgan fingerprint density at radius 1 is 1.55 bits per heavy atom. The largest absolute Gasteiger partial charge is 0.396 e. The minimum Gasteiger partial charge on any atom is -0.396 e. The molecule has 64 valence electrons. The van der Waals surface area contributed by atoms with Gasteiger partial charge in [0.1, 0.15) is 0 Å². The van der Waals surface area contributed by atoms with Crippen molar-refractivity contribution < 1.29 is 14.6 Å². The lowest BCUT2D eigenvalue weighted by atomic mass is 9.92. The highest BCUT2D eigenvalue weighted by Gasteiger charge is 2.47. The summed E-state index contributed by atoms with van der Waals surface area (Å²) in [6, 6.07) is 0. The molecule has 2 aliphatic heterocycles. The van der Waals surface area contributed by atoms with Crippen molar-refractivity contribution in [3.63, 3.8) is 0 Å². The maximum Gasteiger partial charge on any atom is 0.171 e. The Bertz CT molecular complexity index is 159. The molecule has 0 saturated carbocycles. The maximum absolute atomic E-state index is 9.02. The van der Waals surface area contributed by atoms with Crippen LogP contribution >= 0.6 is 0 Å². The summed E-state index contributed by atoms with van der Waals surface area (Å²) in [5.41, 5.74) is 0. The highest BCUT2D eigenvalue weighted by molar-refractivity contribution is 4.87. The van der Waals surface area contributed by atoms with E-state index in [1.54, 1.807) is 0 Å². The fraction of sp³-hybridized carbons (Fsp3) is 1.00. The Morgan fingerprint density at radius 3 is 3.09 bits per heavy atom. The second-order valence-electron chi connectivity index (χ2n) is 3.52. The van der Waals surface area contributed by atoms with E-state index in [0.29, 0.717) is 6.61 Å². The molecule has 0 aliphatic carbocycles. The van der Waals surface area contributed by atoms with E-state index in [0.717, 1.165) is 12.8 Å². The van der Waals surface area contributed by atoms with Gasteiger partial charge < -0.3 is 14.6 Å². The Hall–Kier alpha value is -0.120. The summed E-state index contributed by atoms with van der Waals surface area (Å²) in [7, 11) is 0. The minimum absolute atomic E-state index is 0.168. The van der Waals surface area contributed by atoms with Crippen molar-refractivity contribution in [2.24, 2.45) is 5.92 Å². The molecule has 3 atom stereocenters. The van der Waals surface area contributed by atoms with E-state index in [1.165, 1.54) is 0 Å². The first-order valence-corrected chi connectivity index (χ1v) is 4.17. The standard InChI is InChI=1S/C8H14O3/c1-8-6(4-9)2-3-7(11-8)5-10-8/h6-7,9H,2-5H2,1H3/t6-,7?,8?/m1/s1. The van der Waals surface area contributed by atoms with E-state index in [1.807, 2.05) is 6.92 Å². The average Bonchev–Trinajstić information content (AvgIpc) is 2.29. The molecule has 3 nitrogen and oxygen atoms in total. The van der Waals surface area contributed by atoms with Crippen LogP contribution in [0.3, 0.4) is 0 Å². The van der Waals surface area contributed by atoms with Crippen molar-refractivity contribution >= 4 is 0 Å². The smallest absolute Gasteiger partial charge is 0.171 e. The third-order valence-electron chi connectivity index (χ3n) is 2.76. The minimum atomic E-state index is -0.488. The van der Waals surface area contributed by atoms with Crippen molar-refractivity contribution in [3.8, 4) is 0 Å². The first kappa shape index (κ1) is 7.53. The molecule has 0 radical (unpaired) electrons. The van der Waals surface area contributed by atoms with Crippen LogP contribution in [-0.4, -0.2) is 30.2 Å². The third-order valence-corrected chi connectivity index (χ3v) is 2.76. The van der Waals surface area contributed by atoms with Gasteiger partial charge in [-0.1, -0.05) is 0 Å². The van der Waals surface area contributed by atoms with Crippen LogP contribution in [0.2, 0.25) is 0 Å². The molecule has 0 amide bonds. The van der Waals surface area contributed by atoms with Gasteiger partial charge in [0.2, 0.25) is 0 Å². The Labute approximate surface area is 66.3 Å². The molecule has 2 rings (SSSR count).